The lowest BCUT2D eigenvalue weighted by Gasteiger charge is -2.31. The lowest BCUT2D eigenvalue weighted by molar-refractivity contribution is -0.123. The second-order valence-electron chi connectivity index (χ2n) is 7.21. The molecule has 3 N–H and O–H groups in total. The maximum Gasteiger partial charge on any atom is 0.257 e. The second-order valence-corrected chi connectivity index (χ2v) is 8.03. The topological polar surface area (TPSA) is 101 Å². The zero-order valence-corrected chi connectivity index (χ0v) is 17.7. The van der Waals surface area contributed by atoms with Gasteiger partial charge in [-0.2, -0.15) is 0 Å². The third-order valence-corrected chi connectivity index (χ3v) is 5.76. The molecule has 9 heteroatoms. The van der Waals surface area contributed by atoms with Crippen LogP contribution in [0.25, 0.3) is 11.3 Å². The van der Waals surface area contributed by atoms with Crippen molar-refractivity contribution in [1.82, 2.24) is 15.4 Å². The van der Waals surface area contributed by atoms with E-state index >= 15 is 0 Å². The molecule has 1 aliphatic heterocycles. The number of carbonyl (C=O) groups is 2. The lowest BCUT2D eigenvalue weighted by atomic mass is 9.97. The van der Waals surface area contributed by atoms with Gasteiger partial charge in [0.15, 0.2) is 0 Å². The number of halogens is 2. The molecule has 29 heavy (non-hydrogen) atoms. The minimum Gasteiger partial charge on any atom is -0.369 e. The highest BCUT2D eigenvalue weighted by atomic mass is 35.5. The van der Waals surface area contributed by atoms with E-state index in [4.69, 9.17) is 33.5 Å². The molecule has 2 amide bonds. The quantitative estimate of drug-likeness (QED) is 0.645. The van der Waals surface area contributed by atoms with Crippen molar-refractivity contribution in [3.05, 3.63) is 39.6 Å². The van der Waals surface area contributed by atoms with Crippen LogP contribution in [0.3, 0.4) is 0 Å². The number of hydrogen-bond acceptors (Lipinski definition) is 5. The molecule has 1 aliphatic rings. The summed E-state index contributed by atoms with van der Waals surface area (Å²) in [5.74, 6) is -0.213. The summed E-state index contributed by atoms with van der Waals surface area (Å²) >= 11 is 12.5. The number of piperidine rings is 1. The molecule has 2 aromatic rings. The van der Waals surface area contributed by atoms with Gasteiger partial charge in [0, 0.05) is 18.7 Å². The van der Waals surface area contributed by atoms with Crippen LogP contribution in [-0.4, -0.2) is 48.0 Å². The van der Waals surface area contributed by atoms with Crippen molar-refractivity contribution in [3.63, 3.8) is 0 Å². The molecule has 1 atom stereocenters. The minimum atomic E-state index is -0.289. The molecule has 1 unspecified atom stereocenters. The van der Waals surface area contributed by atoms with Gasteiger partial charge < -0.3 is 20.5 Å². The Morgan fingerprint density at radius 3 is 2.76 bits per heavy atom. The summed E-state index contributed by atoms with van der Waals surface area (Å²) in [5.41, 5.74) is 6.55. The number of hydrogen-bond donors (Lipinski definition) is 2. The molecule has 1 saturated heterocycles. The molecule has 0 aliphatic carbocycles. The van der Waals surface area contributed by atoms with Gasteiger partial charge in [-0.05, 0) is 51.4 Å². The fraction of sp³-hybridized carbons (Fsp3) is 0.450. The predicted octanol–water partition coefficient (Wildman–Crippen LogP) is 3.27. The highest BCUT2D eigenvalue weighted by Gasteiger charge is 2.25. The minimum absolute atomic E-state index is 0.0825. The van der Waals surface area contributed by atoms with E-state index in [9.17, 15) is 9.59 Å². The van der Waals surface area contributed by atoms with Crippen LogP contribution in [0.4, 0.5) is 0 Å². The van der Waals surface area contributed by atoms with Crippen LogP contribution in [-0.2, 0) is 4.79 Å². The number of nitrogens with zero attached hydrogens (tertiary/aromatic N) is 2. The maximum absolute atomic E-state index is 12.8. The first-order valence-corrected chi connectivity index (χ1v) is 10.3. The lowest BCUT2D eigenvalue weighted by Crippen LogP contribution is -2.42. The summed E-state index contributed by atoms with van der Waals surface area (Å²) in [4.78, 5) is 26.4. The zero-order chi connectivity index (χ0) is 21.0. The van der Waals surface area contributed by atoms with Crippen LogP contribution >= 0.6 is 23.2 Å². The summed E-state index contributed by atoms with van der Waals surface area (Å²) in [6.45, 7) is 4.57. The van der Waals surface area contributed by atoms with E-state index in [1.165, 1.54) is 0 Å². The SMILES string of the molecule is Cc1onc(-c2c(Cl)cccc2Cl)c1C(=O)NCCCN1CCCC(C(N)=O)C1. The summed E-state index contributed by atoms with van der Waals surface area (Å²) in [5, 5.41) is 7.70. The smallest absolute Gasteiger partial charge is 0.257 e. The first-order valence-electron chi connectivity index (χ1n) is 9.59. The van der Waals surface area contributed by atoms with Gasteiger partial charge in [-0.15, -0.1) is 0 Å². The van der Waals surface area contributed by atoms with Crippen molar-refractivity contribution in [2.75, 3.05) is 26.2 Å². The van der Waals surface area contributed by atoms with Gasteiger partial charge in [-0.25, -0.2) is 0 Å². The van der Waals surface area contributed by atoms with Crippen LogP contribution in [0.1, 0.15) is 35.4 Å². The number of rotatable bonds is 7. The number of aryl methyl sites for hydroxylation is 1. The van der Waals surface area contributed by atoms with Gasteiger partial charge in [0.1, 0.15) is 17.0 Å². The van der Waals surface area contributed by atoms with Crippen molar-refractivity contribution in [1.29, 1.82) is 0 Å². The first kappa shape index (κ1) is 21.6. The van der Waals surface area contributed by atoms with Gasteiger partial charge in [-0.3, -0.25) is 9.59 Å². The van der Waals surface area contributed by atoms with Crippen molar-refractivity contribution in [3.8, 4) is 11.3 Å². The third-order valence-electron chi connectivity index (χ3n) is 5.13. The Hall–Kier alpha value is -2.09. The first-order chi connectivity index (χ1) is 13.9. The third kappa shape index (κ3) is 5.10. The molecular weight excluding hydrogens is 415 g/mol. The molecule has 7 nitrogen and oxygen atoms in total. The Bertz CT molecular complexity index is 880. The van der Waals surface area contributed by atoms with Crippen LogP contribution in [0, 0.1) is 12.8 Å². The fourth-order valence-electron chi connectivity index (χ4n) is 3.62. The number of nitrogens with one attached hydrogen (secondary N) is 1. The molecule has 1 fully saturated rings. The standard InChI is InChI=1S/C20H24Cl2N4O3/c1-12-16(18(25-29-12)17-14(21)6-2-7-15(17)22)20(28)24-8-4-10-26-9-3-5-13(11-26)19(23)27/h2,6-7,13H,3-5,8-11H2,1H3,(H2,23,27)(H,24,28). The average molecular weight is 439 g/mol. The van der Waals surface area contributed by atoms with Crippen LogP contribution in [0.15, 0.2) is 22.7 Å². The maximum atomic E-state index is 12.8. The highest BCUT2D eigenvalue weighted by Crippen LogP contribution is 2.36. The number of nitrogens with two attached hydrogens (primary N) is 1. The van der Waals surface area contributed by atoms with E-state index in [1.54, 1.807) is 25.1 Å². The molecule has 1 aromatic heterocycles. The Labute approximate surface area is 179 Å². The number of primary amides is 1. The Kier molecular flexibility index (Phi) is 7.16. The normalized spacial score (nSPS) is 17.3. The molecule has 0 spiro atoms. The van der Waals surface area contributed by atoms with Crippen molar-refractivity contribution in [2.45, 2.75) is 26.2 Å². The van der Waals surface area contributed by atoms with E-state index in [-0.39, 0.29) is 17.7 Å². The molecule has 0 saturated carbocycles. The van der Waals surface area contributed by atoms with Gasteiger partial charge >= 0.3 is 0 Å². The van der Waals surface area contributed by atoms with Crippen LogP contribution in [0.2, 0.25) is 10.0 Å². The van der Waals surface area contributed by atoms with Crippen molar-refractivity contribution >= 4 is 35.0 Å². The number of benzene rings is 1. The zero-order valence-electron chi connectivity index (χ0n) is 16.2. The highest BCUT2D eigenvalue weighted by molar-refractivity contribution is 6.39. The van der Waals surface area contributed by atoms with E-state index in [2.05, 4.69) is 15.4 Å². The molecule has 156 valence electrons. The van der Waals surface area contributed by atoms with Crippen molar-refractivity contribution in [2.24, 2.45) is 11.7 Å². The van der Waals surface area contributed by atoms with E-state index in [0.717, 1.165) is 32.4 Å². The van der Waals surface area contributed by atoms with E-state index in [1.807, 2.05) is 0 Å². The monoisotopic (exact) mass is 438 g/mol. The number of aromatic nitrogens is 1. The van der Waals surface area contributed by atoms with Gasteiger partial charge in [-0.1, -0.05) is 34.4 Å². The second kappa shape index (κ2) is 9.61. The van der Waals surface area contributed by atoms with Crippen molar-refractivity contribution < 1.29 is 14.1 Å². The Morgan fingerprint density at radius 1 is 1.34 bits per heavy atom. The summed E-state index contributed by atoms with van der Waals surface area (Å²) in [6, 6.07) is 5.10. The Morgan fingerprint density at radius 2 is 2.07 bits per heavy atom. The largest absolute Gasteiger partial charge is 0.369 e. The fourth-order valence-corrected chi connectivity index (χ4v) is 4.19. The molecule has 2 heterocycles. The number of amides is 2. The molecule has 1 aromatic carbocycles. The van der Waals surface area contributed by atoms with Gasteiger partial charge in [0.05, 0.1) is 16.0 Å². The van der Waals surface area contributed by atoms with Gasteiger partial charge in [0.25, 0.3) is 5.91 Å². The van der Waals surface area contributed by atoms with Crippen LogP contribution in [0.5, 0.6) is 0 Å². The predicted molar refractivity (Wildman–Crippen MR) is 112 cm³/mol. The molecular formula is C20H24Cl2N4O3. The molecule has 3 rings (SSSR count). The summed E-state index contributed by atoms with van der Waals surface area (Å²) in [7, 11) is 0. The number of likely N-dealkylation sites (tertiary alicyclic amines) is 1. The Balaban J connectivity index is 1.59. The number of carbonyl (C=O) groups excluding carboxylic acids is 2. The molecule has 0 radical (unpaired) electrons. The summed E-state index contributed by atoms with van der Waals surface area (Å²) in [6.07, 6.45) is 2.56. The van der Waals surface area contributed by atoms with Gasteiger partial charge in [0.2, 0.25) is 5.91 Å². The van der Waals surface area contributed by atoms with Crippen LogP contribution < -0.4 is 11.1 Å². The summed E-state index contributed by atoms with van der Waals surface area (Å²) < 4.78 is 5.24. The molecule has 0 bridgehead atoms. The van der Waals surface area contributed by atoms with E-state index < -0.39 is 0 Å². The van der Waals surface area contributed by atoms with E-state index in [0.29, 0.717) is 45.7 Å². The average Bonchev–Trinajstić information content (AvgIpc) is 3.06.